The van der Waals surface area contributed by atoms with Gasteiger partial charge in [0.15, 0.2) is 0 Å². The molecule has 110 valence electrons. The summed E-state index contributed by atoms with van der Waals surface area (Å²) in [6.07, 6.45) is 6.37. The van der Waals surface area contributed by atoms with E-state index in [0.717, 1.165) is 5.56 Å². The van der Waals surface area contributed by atoms with Gasteiger partial charge in [0.25, 0.3) is 0 Å². The molecule has 2 aromatic rings. The van der Waals surface area contributed by atoms with E-state index in [1.807, 2.05) is 6.07 Å². The number of hydrogen-bond acceptors (Lipinski definition) is 1. The fraction of sp³-hybridized carbons (Fsp3) is 0.400. The summed E-state index contributed by atoms with van der Waals surface area (Å²) in [6.45, 7) is 2.24. The van der Waals surface area contributed by atoms with Crippen molar-refractivity contribution in [2.24, 2.45) is 0 Å². The van der Waals surface area contributed by atoms with Gasteiger partial charge >= 0.3 is 0 Å². The molecule has 0 radical (unpaired) electrons. The summed E-state index contributed by atoms with van der Waals surface area (Å²) in [7, 11) is 0. The van der Waals surface area contributed by atoms with E-state index < -0.39 is 0 Å². The van der Waals surface area contributed by atoms with Gasteiger partial charge in [-0.15, -0.1) is 0 Å². The second-order valence-corrected chi connectivity index (χ2v) is 6.29. The molecule has 1 nitrogen and oxygen atoms in total. The van der Waals surface area contributed by atoms with Gasteiger partial charge in [-0.2, -0.15) is 0 Å². The maximum Gasteiger partial charge on any atom is 0.119 e. The molecule has 1 heteroatoms. The van der Waals surface area contributed by atoms with Crippen LogP contribution in [-0.4, -0.2) is 5.11 Å². The van der Waals surface area contributed by atoms with Crippen LogP contribution in [0.3, 0.4) is 0 Å². The molecule has 0 bridgehead atoms. The van der Waals surface area contributed by atoms with Crippen molar-refractivity contribution in [2.45, 2.75) is 50.9 Å². The molecule has 0 aliphatic heterocycles. The molecule has 1 fully saturated rings. The number of aromatic hydroxyl groups is 1. The second-order valence-electron chi connectivity index (χ2n) is 6.29. The maximum atomic E-state index is 10.2. The Balaban J connectivity index is 1.90. The van der Waals surface area contributed by atoms with E-state index in [1.165, 1.54) is 43.2 Å². The highest BCUT2D eigenvalue weighted by atomic mass is 16.3. The average molecular weight is 280 g/mol. The molecule has 0 saturated heterocycles. The minimum atomic E-state index is 0.370. The van der Waals surface area contributed by atoms with Crippen LogP contribution in [0.2, 0.25) is 0 Å². The Morgan fingerprint density at radius 2 is 1.62 bits per heavy atom. The van der Waals surface area contributed by atoms with E-state index in [9.17, 15) is 5.11 Å². The summed E-state index contributed by atoms with van der Waals surface area (Å²) >= 11 is 0. The molecular formula is C20H24O. The summed E-state index contributed by atoms with van der Waals surface area (Å²) in [4.78, 5) is 0. The van der Waals surface area contributed by atoms with Crippen LogP contribution < -0.4 is 0 Å². The zero-order valence-corrected chi connectivity index (χ0v) is 12.8. The van der Waals surface area contributed by atoms with E-state index >= 15 is 0 Å². The van der Waals surface area contributed by atoms with Gasteiger partial charge in [0.2, 0.25) is 0 Å². The van der Waals surface area contributed by atoms with Gasteiger partial charge in [0, 0.05) is 5.92 Å². The highest BCUT2D eigenvalue weighted by Crippen LogP contribution is 2.39. The Labute approximate surface area is 127 Å². The van der Waals surface area contributed by atoms with Gasteiger partial charge in [0.1, 0.15) is 5.75 Å². The van der Waals surface area contributed by atoms with Crippen LogP contribution in [0.5, 0.6) is 5.75 Å². The van der Waals surface area contributed by atoms with Gasteiger partial charge in [-0.05, 0) is 41.5 Å². The minimum absolute atomic E-state index is 0.370. The Kier molecular flexibility index (Phi) is 4.28. The highest BCUT2D eigenvalue weighted by molar-refractivity contribution is 5.42. The first-order chi connectivity index (χ1) is 10.3. The lowest BCUT2D eigenvalue weighted by molar-refractivity contribution is 0.414. The van der Waals surface area contributed by atoms with Crippen molar-refractivity contribution in [3.8, 4) is 5.75 Å². The van der Waals surface area contributed by atoms with Crippen LogP contribution in [0.15, 0.2) is 48.5 Å². The fourth-order valence-electron chi connectivity index (χ4n) is 3.52. The van der Waals surface area contributed by atoms with Crippen LogP contribution in [0, 0.1) is 0 Å². The van der Waals surface area contributed by atoms with E-state index in [2.05, 4.69) is 49.4 Å². The predicted octanol–water partition coefficient (Wildman–Crippen LogP) is 5.59. The van der Waals surface area contributed by atoms with Crippen molar-refractivity contribution in [1.82, 2.24) is 0 Å². The summed E-state index contributed by atoms with van der Waals surface area (Å²) in [5.74, 6) is 1.39. The number of phenolic OH excluding ortho intramolecular Hbond substituents is 1. The predicted molar refractivity (Wildman–Crippen MR) is 87.9 cm³/mol. The molecule has 21 heavy (non-hydrogen) atoms. The fourth-order valence-corrected chi connectivity index (χ4v) is 3.52. The Bertz CT molecular complexity index is 582. The first-order valence-corrected chi connectivity index (χ1v) is 8.13. The Morgan fingerprint density at radius 1 is 0.905 bits per heavy atom. The molecule has 1 atom stereocenters. The van der Waals surface area contributed by atoms with Crippen LogP contribution >= 0.6 is 0 Å². The molecule has 0 amide bonds. The maximum absolute atomic E-state index is 10.2. The molecule has 3 rings (SSSR count). The zero-order valence-electron chi connectivity index (χ0n) is 12.8. The first-order valence-electron chi connectivity index (χ1n) is 8.13. The van der Waals surface area contributed by atoms with Crippen LogP contribution in [-0.2, 0) is 0 Å². The zero-order chi connectivity index (χ0) is 14.7. The molecule has 1 N–H and O–H groups in total. The Morgan fingerprint density at radius 3 is 2.33 bits per heavy atom. The monoisotopic (exact) mass is 280 g/mol. The van der Waals surface area contributed by atoms with Crippen molar-refractivity contribution >= 4 is 0 Å². The summed E-state index contributed by atoms with van der Waals surface area (Å²) in [5.41, 5.74) is 3.80. The number of hydrogen-bond donors (Lipinski definition) is 1. The van der Waals surface area contributed by atoms with Gasteiger partial charge in [-0.1, -0.05) is 68.7 Å². The molecule has 2 aromatic carbocycles. The largest absolute Gasteiger partial charge is 0.508 e. The lowest BCUT2D eigenvalue weighted by atomic mass is 9.81. The van der Waals surface area contributed by atoms with E-state index in [0.29, 0.717) is 17.6 Å². The summed E-state index contributed by atoms with van der Waals surface area (Å²) < 4.78 is 0. The third kappa shape index (κ3) is 3.12. The second kappa shape index (κ2) is 6.34. The number of rotatable bonds is 3. The van der Waals surface area contributed by atoms with E-state index in [1.54, 1.807) is 0 Å². The standard InChI is InChI=1S/C20H24O/c1-15(16-8-4-2-5-9-16)18-12-13-20(21)19(14-18)17-10-6-3-7-11-17/h2,4-5,8-9,12-15,17,21H,3,6-7,10-11H2,1H3. The SMILES string of the molecule is CC(c1ccccc1)c1ccc(O)c(C2CCCCC2)c1. The third-order valence-corrected chi connectivity index (χ3v) is 4.90. The van der Waals surface area contributed by atoms with Gasteiger partial charge in [-0.25, -0.2) is 0 Å². The summed E-state index contributed by atoms with van der Waals surface area (Å²) in [6, 6.07) is 16.8. The quantitative estimate of drug-likeness (QED) is 0.776. The smallest absolute Gasteiger partial charge is 0.119 e. The van der Waals surface area contributed by atoms with Crippen molar-refractivity contribution in [2.75, 3.05) is 0 Å². The molecule has 1 unspecified atom stereocenters. The van der Waals surface area contributed by atoms with Crippen molar-refractivity contribution in [3.05, 3.63) is 65.2 Å². The van der Waals surface area contributed by atoms with E-state index in [4.69, 9.17) is 0 Å². The average Bonchev–Trinajstić information content (AvgIpc) is 2.56. The highest BCUT2D eigenvalue weighted by Gasteiger charge is 2.20. The molecule has 1 aliphatic carbocycles. The molecule has 0 spiro atoms. The Hall–Kier alpha value is -1.76. The molecule has 1 saturated carbocycles. The van der Waals surface area contributed by atoms with Crippen LogP contribution in [0.1, 0.15) is 67.6 Å². The third-order valence-electron chi connectivity index (χ3n) is 4.90. The molecule has 0 aromatic heterocycles. The lowest BCUT2D eigenvalue weighted by Crippen LogP contribution is -2.06. The van der Waals surface area contributed by atoms with Crippen molar-refractivity contribution < 1.29 is 5.11 Å². The molecule has 1 aliphatic rings. The first kappa shape index (κ1) is 14.2. The van der Waals surface area contributed by atoms with Gasteiger partial charge < -0.3 is 5.11 Å². The van der Waals surface area contributed by atoms with Crippen molar-refractivity contribution in [3.63, 3.8) is 0 Å². The molecular weight excluding hydrogens is 256 g/mol. The van der Waals surface area contributed by atoms with E-state index in [-0.39, 0.29) is 0 Å². The number of benzene rings is 2. The van der Waals surface area contributed by atoms with Crippen LogP contribution in [0.25, 0.3) is 0 Å². The summed E-state index contributed by atoms with van der Waals surface area (Å²) in [5, 5.41) is 10.2. The topological polar surface area (TPSA) is 20.2 Å². The van der Waals surface area contributed by atoms with Gasteiger partial charge in [-0.3, -0.25) is 0 Å². The van der Waals surface area contributed by atoms with Crippen LogP contribution in [0.4, 0.5) is 0 Å². The van der Waals surface area contributed by atoms with Crippen molar-refractivity contribution in [1.29, 1.82) is 0 Å². The minimum Gasteiger partial charge on any atom is -0.508 e. The van der Waals surface area contributed by atoms with Gasteiger partial charge in [0.05, 0.1) is 0 Å². The lowest BCUT2D eigenvalue weighted by Gasteiger charge is -2.24. The normalized spacial score (nSPS) is 17.6. The number of phenols is 1. The molecule has 0 heterocycles.